The van der Waals surface area contributed by atoms with Gasteiger partial charge < -0.3 is 0 Å². The van der Waals surface area contributed by atoms with E-state index >= 15 is 0 Å². The van der Waals surface area contributed by atoms with Crippen molar-refractivity contribution in [2.75, 3.05) is 0 Å². The van der Waals surface area contributed by atoms with E-state index in [1.165, 1.54) is 21.8 Å². The molecule has 1 aromatic carbocycles. The minimum atomic E-state index is -0.177. The molecule has 0 N–H and O–H groups in total. The van der Waals surface area contributed by atoms with Gasteiger partial charge in [-0.15, -0.1) is 11.3 Å². The molecule has 1 aliphatic rings. The number of hydrogen-bond donors (Lipinski definition) is 0. The molecule has 0 saturated carbocycles. The van der Waals surface area contributed by atoms with Crippen molar-refractivity contribution in [3.05, 3.63) is 72.6 Å². The highest BCUT2D eigenvalue weighted by Gasteiger charge is 2.18. The van der Waals surface area contributed by atoms with Gasteiger partial charge in [-0.1, -0.05) is 11.6 Å². The number of thiazole rings is 1. The van der Waals surface area contributed by atoms with Gasteiger partial charge in [0.05, 0.1) is 29.5 Å². The van der Waals surface area contributed by atoms with Crippen LogP contribution in [0.1, 0.15) is 29.1 Å². The highest BCUT2D eigenvalue weighted by atomic mass is 35.5. The third kappa shape index (κ3) is 2.78. The summed E-state index contributed by atoms with van der Waals surface area (Å²) in [5.41, 5.74) is 1.97. The summed E-state index contributed by atoms with van der Waals surface area (Å²) in [6.45, 7) is 0.207. The molecule has 0 atom stereocenters. The van der Waals surface area contributed by atoms with Crippen molar-refractivity contribution in [1.82, 2.24) is 18.9 Å². The van der Waals surface area contributed by atoms with Crippen LogP contribution in [0.5, 0.6) is 0 Å². The lowest BCUT2D eigenvalue weighted by molar-refractivity contribution is 0.668. The smallest absolute Gasteiger partial charge is 0.261 e. The lowest BCUT2D eigenvalue weighted by Gasteiger charge is -2.10. The van der Waals surface area contributed by atoms with Crippen LogP contribution in [0.15, 0.2) is 40.2 Å². The second-order valence-corrected chi connectivity index (χ2v) is 8.22. The van der Waals surface area contributed by atoms with Crippen molar-refractivity contribution < 1.29 is 0 Å². The van der Waals surface area contributed by atoms with Gasteiger partial charge in [0.25, 0.3) is 11.1 Å². The number of fused-ring (bicyclic) bond motifs is 4. The molecule has 0 aliphatic heterocycles. The van der Waals surface area contributed by atoms with E-state index in [0.29, 0.717) is 26.6 Å². The van der Waals surface area contributed by atoms with Crippen LogP contribution in [0.25, 0.3) is 15.9 Å². The van der Waals surface area contributed by atoms with Crippen LogP contribution in [-0.4, -0.2) is 18.9 Å². The number of halogens is 1. The molecule has 8 heteroatoms. The first-order chi connectivity index (χ1) is 13.1. The van der Waals surface area contributed by atoms with Gasteiger partial charge in [-0.3, -0.25) is 18.6 Å². The summed E-state index contributed by atoms with van der Waals surface area (Å²) in [4.78, 5) is 36.3. The Hall–Kier alpha value is -2.51. The van der Waals surface area contributed by atoms with Crippen LogP contribution < -0.4 is 11.1 Å². The van der Waals surface area contributed by atoms with Crippen LogP contribution >= 0.6 is 22.9 Å². The molecular formula is C19H15ClN4O2S. The van der Waals surface area contributed by atoms with Gasteiger partial charge in [-0.2, -0.15) is 0 Å². The summed E-state index contributed by atoms with van der Waals surface area (Å²) in [5, 5.41) is 1.03. The van der Waals surface area contributed by atoms with E-state index in [2.05, 4.69) is 9.97 Å². The quantitative estimate of drug-likeness (QED) is 0.520. The molecule has 0 radical (unpaired) electrons. The van der Waals surface area contributed by atoms with Gasteiger partial charge >= 0.3 is 0 Å². The molecule has 4 aromatic rings. The lowest BCUT2D eigenvalue weighted by Crippen LogP contribution is -2.24. The first-order valence-electron chi connectivity index (χ1n) is 8.78. The highest BCUT2D eigenvalue weighted by Crippen LogP contribution is 2.28. The molecule has 5 rings (SSSR count). The number of nitrogens with zero attached hydrogens (tertiary/aromatic N) is 4. The summed E-state index contributed by atoms with van der Waals surface area (Å²) >= 11 is 7.54. The second kappa shape index (κ2) is 6.28. The monoisotopic (exact) mass is 398 g/mol. The summed E-state index contributed by atoms with van der Waals surface area (Å²) in [6.07, 6.45) is 5.67. The van der Waals surface area contributed by atoms with Gasteiger partial charge in [-0.05, 0) is 43.9 Å². The Morgan fingerprint density at radius 1 is 1.15 bits per heavy atom. The predicted molar refractivity (Wildman–Crippen MR) is 106 cm³/mol. The molecule has 27 heavy (non-hydrogen) atoms. The Balaban J connectivity index is 1.60. The van der Waals surface area contributed by atoms with Crippen molar-refractivity contribution in [3.63, 3.8) is 0 Å². The Morgan fingerprint density at radius 2 is 2.00 bits per heavy atom. The molecule has 3 aromatic heterocycles. The van der Waals surface area contributed by atoms with Gasteiger partial charge in [0.1, 0.15) is 0 Å². The predicted octanol–water partition coefficient (Wildman–Crippen LogP) is 3.05. The van der Waals surface area contributed by atoms with Crippen molar-refractivity contribution in [3.8, 4) is 0 Å². The Labute approximate surface area is 162 Å². The fraction of sp³-hybridized carbons (Fsp3) is 0.263. The molecule has 0 spiro atoms. The van der Waals surface area contributed by atoms with E-state index in [4.69, 9.17) is 11.6 Å². The summed E-state index contributed by atoms with van der Waals surface area (Å²) in [6, 6.07) is 6.52. The first kappa shape index (κ1) is 16.6. The summed E-state index contributed by atoms with van der Waals surface area (Å²) in [7, 11) is 0. The Bertz CT molecular complexity index is 1320. The van der Waals surface area contributed by atoms with Gasteiger partial charge in [-0.25, -0.2) is 9.97 Å². The lowest BCUT2D eigenvalue weighted by atomic mass is 10.0. The van der Waals surface area contributed by atoms with Crippen molar-refractivity contribution in [2.24, 2.45) is 0 Å². The molecule has 0 bridgehead atoms. The molecule has 3 heterocycles. The second-order valence-electron chi connectivity index (χ2n) is 6.72. The average molecular weight is 399 g/mol. The van der Waals surface area contributed by atoms with Crippen LogP contribution in [-0.2, 0) is 19.4 Å². The Kier molecular flexibility index (Phi) is 3.87. The molecule has 0 fully saturated rings. The summed E-state index contributed by atoms with van der Waals surface area (Å²) in [5.74, 6) is 0. The molecule has 0 unspecified atom stereocenters. The highest BCUT2D eigenvalue weighted by molar-refractivity contribution is 7.17. The fourth-order valence-electron chi connectivity index (χ4n) is 3.64. The van der Waals surface area contributed by atoms with Crippen LogP contribution in [0.4, 0.5) is 0 Å². The normalized spacial score (nSPS) is 14.0. The maximum absolute atomic E-state index is 12.7. The first-order valence-corrected chi connectivity index (χ1v) is 9.97. The van der Waals surface area contributed by atoms with Crippen molar-refractivity contribution >= 4 is 38.8 Å². The largest absolute Gasteiger partial charge is 0.293 e. The van der Waals surface area contributed by atoms with Gasteiger partial charge in [0, 0.05) is 21.7 Å². The average Bonchev–Trinajstić information content (AvgIpc) is 3.03. The fourth-order valence-corrected chi connectivity index (χ4v) is 5.04. The molecule has 0 saturated heterocycles. The maximum Gasteiger partial charge on any atom is 0.261 e. The molecule has 6 nitrogen and oxygen atoms in total. The van der Waals surface area contributed by atoms with Crippen molar-refractivity contribution in [2.45, 2.75) is 32.2 Å². The van der Waals surface area contributed by atoms with E-state index < -0.39 is 0 Å². The van der Waals surface area contributed by atoms with Crippen LogP contribution in [0.3, 0.4) is 0 Å². The van der Waals surface area contributed by atoms with Gasteiger partial charge in [0.15, 0.2) is 4.96 Å². The molecule has 136 valence electrons. The van der Waals surface area contributed by atoms with E-state index in [1.807, 2.05) is 0 Å². The zero-order valence-corrected chi connectivity index (χ0v) is 15.9. The third-order valence-corrected chi connectivity index (χ3v) is 6.31. The van der Waals surface area contributed by atoms with Gasteiger partial charge in [0.2, 0.25) is 0 Å². The summed E-state index contributed by atoms with van der Waals surface area (Å²) < 4.78 is 3.20. The van der Waals surface area contributed by atoms with E-state index in [-0.39, 0.29) is 17.7 Å². The maximum atomic E-state index is 12.7. The number of aromatic nitrogens is 4. The molecular weight excluding hydrogens is 384 g/mol. The topological polar surface area (TPSA) is 69.3 Å². The SMILES string of the molecule is O=c1c2ccc(Cl)cc2ncn1Cc1cc(=O)n2c3c(sc2n1)CCCC3. The van der Waals surface area contributed by atoms with Crippen molar-refractivity contribution in [1.29, 1.82) is 0 Å². The number of benzene rings is 1. The molecule has 0 amide bonds. The van der Waals surface area contributed by atoms with E-state index in [9.17, 15) is 9.59 Å². The van der Waals surface area contributed by atoms with E-state index in [0.717, 1.165) is 31.4 Å². The zero-order valence-electron chi connectivity index (χ0n) is 14.3. The Morgan fingerprint density at radius 3 is 2.89 bits per heavy atom. The minimum absolute atomic E-state index is 0.0806. The standard InChI is InChI=1S/C19H15ClN4O2S/c20-11-5-6-13-14(7-11)21-10-23(18(13)26)9-12-8-17(25)24-15-3-1-2-4-16(15)27-19(24)22-12/h5-8,10H,1-4,9H2. The number of aryl methyl sites for hydroxylation is 2. The van der Waals surface area contributed by atoms with E-state index in [1.54, 1.807) is 33.9 Å². The van der Waals surface area contributed by atoms with Crippen LogP contribution in [0, 0.1) is 0 Å². The van der Waals surface area contributed by atoms with Crippen LogP contribution in [0.2, 0.25) is 5.02 Å². The number of rotatable bonds is 2. The molecule has 1 aliphatic carbocycles. The number of hydrogen-bond acceptors (Lipinski definition) is 5. The minimum Gasteiger partial charge on any atom is -0.293 e. The third-order valence-electron chi connectivity index (χ3n) is 4.93. The zero-order chi connectivity index (χ0) is 18.5.